The van der Waals surface area contributed by atoms with Crippen LogP contribution in [-0.2, 0) is 10.0 Å². The van der Waals surface area contributed by atoms with Gasteiger partial charge in [-0.25, -0.2) is 22.7 Å². The molecule has 124 valence electrons. The second kappa shape index (κ2) is 6.32. The normalized spacial score (nSPS) is 17.5. The highest BCUT2D eigenvalue weighted by Gasteiger charge is 2.30. The first-order valence-electron chi connectivity index (χ1n) is 7.59. The number of hydrogen-bond donors (Lipinski definition) is 0. The molecule has 0 aromatic carbocycles. The standard InChI is InChI=1S/C14H19N5O3S/c1-3-23(20,21)19-6-4-11(5-7-19)13-17-18-14(22-13)12-8-15-9-16-10(12)2/h8-9,11H,3-7H2,1-2H3. The molecule has 0 amide bonds. The third-order valence-electron chi connectivity index (χ3n) is 4.14. The van der Waals surface area contributed by atoms with E-state index in [0.29, 0.717) is 37.7 Å². The second-order valence-corrected chi connectivity index (χ2v) is 7.80. The molecule has 0 unspecified atom stereocenters. The Hall–Kier alpha value is -1.87. The zero-order chi connectivity index (χ0) is 16.4. The largest absolute Gasteiger partial charge is 0.420 e. The van der Waals surface area contributed by atoms with Crippen LogP contribution >= 0.6 is 0 Å². The fraction of sp³-hybridized carbons (Fsp3) is 0.571. The smallest absolute Gasteiger partial charge is 0.251 e. The lowest BCUT2D eigenvalue weighted by atomic mass is 9.98. The fourth-order valence-corrected chi connectivity index (χ4v) is 3.80. The highest BCUT2D eigenvalue weighted by atomic mass is 32.2. The summed E-state index contributed by atoms with van der Waals surface area (Å²) in [4.78, 5) is 8.09. The van der Waals surface area contributed by atoms with E-state index in [-0.39, 0.29) is 11.7 Å². The van der Waals surface area contributed by atoms with Crippen molar-refractivity contribution in [2.75, 3.05) is 18.8 Å². The van der Waals surface area contributed by atoms with E-state index < -0.39 is 10.0 Å². The predicted octanol–water partition coefficient (Wildman–Crippen LogP) is 1.36. The molecule has 1 aliphatic rings. The topological polar surface area (TPSA) is 102 Å². The van der Waals surface area contributed by atoms with Crippen molar-refractivity contribution in [1.82, 2.24) is 24.5 Å². The summed E-state index contributed by atoms with van der Waals surface area (Å²) < 4.78 is 31.1. The van der Waals surface area contributed by atoms with Gasteiger partial charge in [0.25, 0.3) is 5.89 Å². The summed E-state index contributed by atoms with van der Waals surface area (Å²) in [6.45, 7) is 4.50. The third kappa shape index (κ3) is 3.25. The number of hydrogen-bond acceptors (Lipinski definition) is 7. The number of sulfonamides is 1. The lowest BCUT2D eigenvalue weighted by molar-refractivity contribution is 0.291. The van der Waals surface area contributed by atoms with Crippen molar-refractivity contribution in [3.05, 3.63) is 24.1 Å². The molecule has 0 radical (unpaired) electrons. The van der Waals surface area contributed by atoms with E-state index in [1.807, 2.05) is 6.92 Å². The quantitative estimate of drug-likeness (QED) is 0.830. The molecule has 0 bridgehead atoms. The zero-order valence-corrected chi connectivity index (χ0v) is 14.0. The van der Waals surface area contributed by atoms with Crippen molar-refractivity contribution in [2.45, 2.75) is 32.6 Å². The number of aryl methyl sites for hydroxylation is 1. The van der Waals surface area contributed by atoms with Crippen molar-refractivity contribution in [2.24, 2.45) is 0 Å². The molecular weight excluding hydrogens is 318 g/mol. The lowest BCUT2D eigenvalue weighted by Crippen LogP contribution is -2.38. The van der Waals surface area contributed by atoms with Crippen molar-refractivity contribution in [3.8, 4) is 11.5 Å². The Morgan fingerprint density at radius 2 is 2.04 bits per heavy atom. The molecule has 9 heteroatoms. The Bertz CT molecular complexity index is 781. The van der Waals surface area contributed by atoms with Crippen LogP contribution in [0.2, 0.25) is 0 Å². The van der Waals surface area contributed by atoms with E-state index in [1.165, 1.54) is 10.6 Å². The van der Waals surface area contributed by atoms with Crippen LogP contribution in [0.3, 0.4) is 0 Å². The van der Waals surface area contributed by atoms with Gasteiger partial charge >= 0.3 is 0 Å². The Balaban J connectivity index is 1.72. The maximum absolute atomic E-state index is 11.9. The minimum absolute atomic E-state index is 0.0875. The van der Waals surface area contributed by atoms with E-state index in [2.05, 4.69) is 20.2 Å². The molecule has 0 aliphatic carbocycles. The monoisotopic (exact) mass is 337 g/mol. The van der Waals surface area contributed by atoms with E-state index in [4.69, 9.17) is 4.42 Å². The highest BCUT2D eigenvalue weighted by molar-refractivity contribution is 7.89. The van der Waals surface area contributed by atoms with Gasteiger partial charge in [-0.2, -0.15) is 0 Å². The minimum Gasteiger partial charge on any atom is -0.420 e. The molecule has 1 fully saturated rings. The first-order chi connectivity index (χ1) is 11.0. The lowest BCUT2D eigenvalue weighted by Gasteiger charge is -2.29. The summed E-state index contributed by atoms with van der Waals surface area (Å²) >= 11 is 0. The van der Waals surface area contributed by atoms with Crippen molar-refractivity contribution < 1.29 is 12.8 Å². The summed E-state index contributed by atoms with van der Waals surface area (Å²) in [6.07, 6.45) is 4.49. The molecule has 2 aromatic heterocycles. The summed E-state index contributed by atoms with van der Waals surface area (Å²) in [5.74, 6) is 1.18. The molecule has 3 rings (SSSR count). The molecule has 0 N–H and O–H groups in total. The first-order valence-corrected chi connectivity index (χ1v) is 9.20. The average Bonchev–Trinajstić information content (AvgIpc) is 3.05. The van der Waals surface area contributed by atoms with Gasteiger partial charge in [-0.3, -0.25) is 0 Å². The molecule has 0 spiro atoms. The van der Waals surface area contributed by atoms with Gasteiger partial charge in [0.05, 0.1) is 17.0 Å². The Morgan fingerprint density at radius 1 is 1.30 bits per heavy atom. The molecular formula is C14H19N5O3S. The molecule has 8 nitrogen and oxygen atoms in total. The zero-order valence-electron chi connectivity index (χ0n) is 13.1. The maximum atomic E-state index is 11.9. The van der Waals surface area contributed by atoms with Crippen LogP contribution in [0.4, 0.5) is 0 Å². The second-order valence-electron chi connectivity index (χ2n) is 5.54. The molecule has 2 aromatic rings. The van der Waals surface area contributed by atoms with Crippen molar-refractivity contribution >= 4 is 10.0 Å². The molecule has 0 atom stereocenters. The van der Waals surface area contributed by atoms with Crippen LogP contribution in [0.15, 0.2) is 16.9 Å². The van der Waals surface area contributed by atoms with Crippen LogP contribution in [0.1, 0.15) is 37.3 Å². The van der Waals surface area contributed by atoms with Crippen LogP contribution in [0.5, 0.6) is 0 Å². The minimum atomic E-state index is -3.12. The van der Waals surface area contributed by atoms with E-state index >= 15 is 0 Å². The average molecular weight is 337 g/mol. The van der Waals surface area contributed by atoms with Gasteiger partial charge in [-0.05, 0) is 26.7 Å². The van der Waals surface area contributed by atoms with Crippen LogP contribution < -0.4 is 0 Å². The maximum Gasteiger partial charge on any atom is 0.251 e. The first kappa shape index (κ1) is 16.0. The molecule has 1 saturated heterocycles. The Kier molecular flexibility index (Phi) is 4.40. The van der Waals surface area contributed by atoms with E-state index in [9.17, 15) is 8.42 Å². The van der Waals surface area contributed by atoms with Gasteiger partial charge in [0.15, 0.2) is 0 Å². The Morgan fingerprint density at radius 3 is 2.70 bits per heavy atom. The number of rotatable bonds is 4. The predicted molar refractivity (Wildman–Crippen MR) is 83.1 cm³/mol. The van der Waals surface area contributed by atoms with Gasteiger partial charge in [0, 0.05) is 25.2 Å². The third-order valence-corrected chi connectivity index (χ3v) is 6.03. The molecule has 3 heterocycles. The summed E-state index contributed by atoms with van der Waals surface area (Å²) in [5, 5.41) is 8.20. The van der Waals surface area contributed by atoms with Crippen LogP contribution in [-0.4, -0.2) is 51.7 Å². The summed E-state index contributed by atoms with van der Waals surface area (Å²) in [5.41, 5.74) is 1.50. The SMILES string of the molecule is CCS(=O)(=O)N1CCC(c2nnc(-c3cncnc3C)o2)CC1. The van der Waals surface area contributed by atoms with E-state index in [0.717, 1.165) is 11.3 Å². The molecule has 23 heavy (non-hydrogen) atoms. The van der Waals surface area contributed by atoms with Gasteiger partial charge in [0.1, 0.15) is 6.33 Å². The number of aromatic nitrogens is 4. The van der Waals surface area contributed by atoms with Gasteiger partial charge in [-0.1, -0.05) is 0 Å². The Labute approximate surface area is 135 Å². The number of nitrogens with zero attached hydrogens (tertiary/aromatic N) is 5. The van der Waals surface area contributed by atoms with Gasteiger partial charge in [-0.15, -0.1) is 10.2 Å². The summed E-state index contributed by atoms with van der Waals surface area (Å²) in [7, 11) is -3.12. The van der Waals surface area contributed by atoms with Gasteiger partial charge < -0.3 is 4.42 Å². The van der Waals surface area contributed by atoms with E-state index in [1.54, 1.807) is 13.1 Å². The summed E-state index contributed by atoms with van der Waals surface area (Å²) in [6, 6.07) is 0. The fourth-order valence-electron chi connectivity index (χ4n) is 2.67. The molecule has 1 aliphatic heterocycles. The van der Waals surface area contributed by atoms with Crippen molar-refractivity contribution in [3.63, 3.8) is 0 Å². The molecule has 0 saturated carbocycles. The van der Waals surface area contributed by atoms with Crippen LogP contribution in [0, 0.1) is 6.92 Å². The highest BCUT2D eigenvalue weighted by Crippen LogP contribution is 2.30. The van der Waals surface area contributed by atoms with Gasteiger partial charge in [0.2, 0.25) is 15.9 Å². The van der Waals surface area contributed by atoms with Crippen LogP contribution in [0.25, 0.3) is 11.5 Å². The number of piperidine rings is 1. The van der Waals surface area contributed by atoms with Crippen molar-refractivity contribution in [1.29, 1.82) is 0 Å².